The molecule has 4 rings (SSSR count). The predicted molar refractivity (Wildman–Crippen MR) is 148 cm³/mol. The second kappa shape index (κ2) is 13.2. The number of aryl methyl sites for hydroxylation is 1. The lowest BCUT2D eigenvalue weighted by atomic mass is 9.91. The van der Waals surface area contributed by atoms with Crippen molar-refractivity contribution in [1.29, 1.82) is 0 Å². The summed E-state index contributed by atoms with van der Waals surface area (Å²) in [5, 5.41) is 18.0. The molecule has 0 bridgehead atoms. The van der Waals surface area contributed by atoms with Gasteiger partial charge in [-0.2, -0.15) is 5.10 Å². The highest BCUT2D eigenvalue weighted by atomic mass is 19.4. The Morgan fingerprint density at radius 3 is 2.66 bits per heavy atom. The van der Waals surface area contributed by atoms with Gasteiger partial charge in [-0.05, 0) is 56.1 Å². The van der Waals surface area contributed by atoms with Crippen LogP contribution in [0.3, 0.4) is 0 Å². The van der Waals surface area contributed by atoms with Gasteiger partial charge in [-0.1, -0.05) is 0 Å². The van der Waals surface area contributed by atoms with Gasteiger partial charge < -0.3 is 29.7 Å². The number of nitrogens with one attached hydrogen (secondary N) is 1. The number of ether oxygens (including phenoxy) is 2. The number of aromatic nitrogens is 2. The Morgan fingerprint density at radius 1 is 1.24 bits per heavy atom. The van der Waals surface area contributed by atoms with E-state index in [9.17, 15) is 23.1 Å². The summed E-state index contributed by atoms with van der Waals surface area (Å²) >= 11 is 0. The molecule has 11 nitrogen and oxygen atoms in total. The average molecular weight is 578 g/mol. The molecule has 2 heterocycles. The van der Waals surface area contributed by atoms with E-state index in [0.717, 1.165) is 37.4 Å². The third kappa shape index (κ3) is 7.64. The van der Waals surface area contributed by atoms with Crippen LogP contribution in [0, 0.1) is 0 Å². The minimum absolute atomic E-state index is 0.0105. The Hall–Kier alpha value is -3.91. The number of likely N-dealkylation sites (N-methyl/N-ethyl adjacent to an activating group) is 1. The number of carbonyl (C=O) groups excluding carboxylic acids is 1. The first kappa shape index (κ1) is 30.1. The van der Waals surface area contributed by atoms with Crippen molar-refractivity contribution in [2.75, 3.05) is 63.2 Å². The fourth-order valence-electron chi connectivity index (χ4n) is 4.85. The maximum absolute atomic E-state index is 13.3. The summed E-state index contributed by atoms with van der Waals surface area (Å²) < 4.78 is 49.2. The van der Waals surface area contributed by atoms with Crippen LogP contribution in [0.5, 0.6) is 5.75 Å². The molecule has 0 unspecified atom stereocenters. The van der Waals surface area contributed by atoms with Crippen molar-refractivity contribution >= 4 is 35.7 Å². The van der Waals surface area contributed by atoms with Gasteiger partial charge in [-0.15, -0.1) is 13.2 Å². The summed E-state index contributed by atoms with van der Waals surface area (Å²) in [7, 11) is 2.02. The van der Waals surface area contributed by atoms with Crippen molar-refractivity contribution in [2.45, 2.75) is 32.5 Å². The first-order valence-electron chi connectivity index (χ1n) is 13.3. The van der Waals surface area contributed by atoms with Crippen molar-refractivity contribution < 1.29 is 32.5 Å². The number of hydrogen-bond donors (Lipinski definition) is 2. The van der Waals surface area contributed by atoms with E-state index in [-0.39, 0.29) is 37.8 Å². The summed E-state index contributed by atoms with van der Waals surface area (Å²) in [6.45, 7) is 8.47. The molecule has 1 aliphatic heterocycles. The normalized spacial score (nSPS) is 15.8. The first-order valence-corrected chi connectivity index (χ1v) is 13.3. The molecular formula is C27H34F3N7O4. The molecule has 2 aliphatic rings. The van der Waals surface area contributed by atoms with Gasteiger partial charge in [0.1, 0.15) is 0 Å². The molecule has 1 aromatic heterocycles. The van der Waals surface area contributed by atoms with Crippen molar-refractivity contribution in [3.8, 4) is 5.75 Å². The van der Waals surface area contributed by atoms with Crippen LogP contribution in [0.1, 0.15) is 31.0 Å². The van der Waals surface area contributed by atoms with Gasteiger partial charge in [-0.3, -0.25) is 9.80 Å². The number of hydrazone groups is 1. The van der Waals surface area contributed by atoms with Gasteiger partial charge in [0.05, 0.1) is 43.3 Å². The predicted octanol–water partition coefficient (Wildman–Crippen LogP) is 3.39. The summed E-state index contributed by atoms with van der Waals surface area (Å²) in [6.07, 6.45) is -2.30. The molecule has 0 amide bonds. The molecule has 1 fully saturated rings. The highest BCUT2D eigenvalue weighted by Crippen LogP contribution is 2.38. The summed E-state index contributed by atoms with van der Waals surface area (Å²) in [5.74, 6) is -0.821. The zero-order valence-electron chi connectivity index (χ0n) is 23.1. The number of halogens is 3. The lowest BCUT2D eigenvalue weighted by molar-refractivity contribution is -0.274. The fraction of sp³-hybridized carbons (Fsp3) is 0.481. The SMILES string of the molecule is C=NN(CCO)C1=C(CC(=O)OCC)CCc2cnc(Nc3cc(N4CCN(C)CC4)ccc3OC(F)(F)F)nc21. The molecular weight excluding hydrogens is 543 g/mol. The topological polar surface area (TPSA) is 116 Å². The summed E-state index contributed by atoms with van der Waals surface area (Å²) in [4.78, 5) is 25.6. The number of benzene rings is 1. The van der Waals surface area contributed by atoms with Gasteiger partial charge in [0.15, 0.2) is 5.75 Å². The third-order valence-electron chi connectivity index (χ3n) is 6.83. The van der Waals surface area contributed by atoms with Crippen LogP contribution in [0.2, 0.25) is 0 Å². The highest BCUT2D eigenvalue weighted by Gasteiger charge is 2.33. The Labute approximate surface area is 236 Å². The van der Waals surface area contributed by atoms with Gasteiger partial charge in [-0.25, -0.2) is 9.97 Å². The fourth-order valence-corrected chi connectivity index (χ4v) is 4.85. The number of carbonyl (C=O) groups is 1. The highest BCUT2D eigenvalue weighted by molar-refractivity contribution is 5.79. The maximum atomic E-state index is 13.3. The monoisotopic (exact) mass is 577 g/mol. The van der Waals surface area contributed by atoms with Gasteiger partial charge in [0, 0.05) is 44.8 Å². The standard InChI is InChI=1S/C27H34F3N7O4/c1-4-40-23(39)15-18-5-6-19-17-32-26(34-24(19)25(18)37(31-2)13-14-38)33-21-16-20(36-11-9-35(3)10-12-36)7-8-22(21)41-27(28,29)30/h7-8,16-17,38H,2,4-6,9-15H2,1,3H3,(H,32,33,34). The lowest BCUT2D eigenvalue weighted by Gasteiger charge is -2.34. The quantitative estimate of drug-likeness (QED) is 0.234. The zero-order chi connectivity index (χ0) is 29.6. The molecule has 1 aliphatic carbocycles. The molecule has 14 heteroatoms. The minimum Gasteiger partial charge on any atom is -0.466 e. The number of anilines is 3. The van der Waals surface area contributed by atoms with E-state index in [4.69, 9.17) is 4.74 Å². The van der Waals surface area contributed by atoms with Crippen molar-refractivity contribution in [2.24, 2.45) is 5.10 Å². The van der Waals surface area contributed by atoms with Crippen molar-refractivity contribution in [3.05, 3.63) is 41.2 Å². The third-order valence-corrected chi connectivity index (χ3v) is 6.83. The van der Waals surface area contributed by atoms with E-state index in [1.165, 1.54) is 11.1 Å². The number of aliphatic hydroxyl groups is 1. The molecule has 0 radical (unpaired) electrons. The van der Waals surface area contributed by atoms with Crippen LogP contribution in [0.25, 0.3) is 5.70 Å². The Bertz CT molecular complexity index is 1280. The number of piperazine rings is 1. The van der Waals surface area contributed by atoms with Crippen LogP contribution in [-0.4, -0.2) is 97.0 Å². The molecule has 222 valence electrons. The summed E-state index contributed by atoms with van der Waals surface area (Å²) in [6, 6.07) is 4.45. The Balaban J connectivity index is 1.73. The molecule has 0 spiro atoms. The maximum Gasteiger partial charge on any atom is 0.573 e. The summed E-state index contributed by atoms with van der Waals surface area (Å²) in [5.41, 5.74) is 3.13. The largest absolute Gasteiger partial charge is 0.573 e. The Morgan fingerprint density at radius 2 is 2.00 bits per heavy atom. The molecule has 2 N–H and O–H groups in total. The van der Waals surface area contributed by atoms with Crippen molar-refractivity contribution in [3.63, 3.8) is 0 Å². The molecule has 0 saturated carbocycles. The smallest absolute Gasteiger partial charge is 0.466 e. The number of hydrogen-bond acceptors (Lipinski definition) is 11. The first-order chi connectivity index (χ1) is 19.6. The second-order valence-corrected chi connectivity index (χ2v) is 9.63. The van der Waals surface area contributed by atoms with E-state index >= 15 is 0 Å². The number of fused-ring (bicyclic) bond motifs is 1. The van der Waals surface area contributed by atoms with Crippen LogP contribution >= 0.6 is 0 Å². The zero-order valence-corrected chi connectivity index (χ0v) is 23.1. The van der Waals surface area contributed by atoms with E-state index < -0.39 is 18.1 Å². The van der Waals surface area contributed by atoms with E-state index in [1.807, 2.05) is 7.05 Å². The van der Waals surface area contributed by atoms with Gasteiger partial charge in [0.2, 0.25) is 5.95 Å². The molecule has 0 atom stereocenters. The number of nitrogens with zero attached hydrogens (tertiary/aromatic N) is 6. The van der Waals surface area contributed by atoms with Crippen LogP contribution in [-0.2, 0) is 16.0 Å². The molecule has 2 aromatic rings. The van der Waals surface area contributed by atoms with E-state index in [0.29, 0.717) is 29.8 Å². The number of rotatable bonds is 11. The lowest BCUT2D eigenvalue weighted by Crippen LogP contribution is -2.44. The van der Waals surface area contributed by atoms with Crippen LogP contribution in [0.15, 0.2) is 35.1 Å². The van der Waals surface area contributed by atoms with Gasteiger partial charge >= 0.3 is 12.3 Å². The van der Waals surface area contributed by atoms with E-state index in [2.05, 4.69) is 41.6 Å². The minimum atomic E-state index is -4.90. The molecule has 41 heavy (non-hydrogen) atoms. The average Bonchev–Trinajstić information content (AvgIpc) is 2.93. The van der Waals surface area contributed by atoms with E-state index in [1.54, 1.807) is 25.3 Å². The van der Waals surface area contributed by atoms with Crippen LogP contribution in [0.4, 0.5) is 30.5 Å². The molecule has 1 aromatic carbocycles. The Kier molecular flexibility index (Phi) is 9.65. The van der Waals surface area contributed by atoms with Crippen molar-refractivity contribution in [1.82, 2.24) is 19.9 Å². The molecule has 1 saturated heterocycles. The number of aliphatic hydroxyl groups excluding tert-OH is 1. The van der Waals surface area contributed by atoms with Gasteiger partial charge in [0.25, 0.3) is 0 Å². The number of esters is 1. The second-order valence-electron chi connectivity index (χ2n) is 9.63. The van der Waals surface area contributed by atoms with Crippen LogP contribution < -0.4 is 15.0 Å². The number of alkyl halides is 3.